The normalized spacial score (nSPS) is 18.0. The predicted molar refractivity (Wildman–Crippen MR) is 210 cm³/mol. The molecule has 0 saturated carbocycles. The summed E-state index contributed by atoms with van der Waals surface area (Å²) in [6, 6.07) is 64.1. The van der Waals surface area contributed by atoms with Crippen molar-refractivity contribution in [3.05, 3.63) is 193 Å². The van der Waals surface area contributed by atoms with Crippen LogP contribution in [0, 0.1) is 0 Å². The summed E-state index contributed by atoms with van der Waals surface area (Å²) in [4.78, 5) is 0. The quantitative estimate of drug-likeness (QED) is 0.132. The van der Waals surface area contributed by atoms with Crippen molar-refractivity contribution in [2.24, 2.45) is 0 Å². The molecule has 9 aromatic carbocycles. The maximum Gasteiger partial charge on any atom is 0.0870 e. The van der Waals surface area contributed by atoms with E-state index in [0.29, 0.717) is 0 Å². The van der Waals surface area contributed by atoms with Gasteiger partial charge in [-0.2, -0.15) is 0 Å². The molecule has 3 N–H and O–H groups in total. The van der Waals surface area contributed by atoms with Gasteiger partial charge in [0.05, 0.1) is 18.5 Å². The molecular weight excluding hydrogens is 607 g/mol. The van der Waals surface area contributed by atoms with Gasteiger partial charge in [-0.3, -0.25) is 16.0 Å². The molecule has 238 valence electrons. The maximum atomic E-state index is 3.96. The van der Waals surface area contributed by atoms with Gasteiger partial charge in [-0.15, -0.1) is 0 Å². The summed E-state index contributed by atoms with van der Waals surface area (Å²) in [5, 5.41) is 24.5. The molecule has 0 radical (unpaired) electrons. The summed E-state index contributed by atoms with van der Waals surface area (Å²) in [6.07, 6.45) is -0.220. The monoisotopic (exact) mass is 641 g/mol. The van der Waals surface area contributed by atoms with Crippen molar-refractivity contribution < 1.29 is 0 Å². The van der Waals surface area contributed by atoms with E-state index in [4.69, 9.17) is 0 Å². The number of fused-ring (bicyclic) bond motifs is 7. The third-order valence-electron chi connectivity index (χ3n) is 10.5. The van der Waals surface area contributed by atoms with Crippen molar-refractivity contribution >= 4 is 53.9 Å². The van der Waals surface area contributed by atoms with Crippen molar-refractivity contribution in [3.8, 4) is 11.1 Å². The smallest absolute Gasteiger partial charge is 0.0870 e. The van der Waals surface area contributed by atoms with Gasteiger partial charge in [0.25, 0.3) is 0 Å². The lowest BCUT2D eigenvalue weighted by molar-refractivity contribution is 0.204. The number of benzene rings is 9. The third kappa shape index (κ3) is 4.87. The fraction of sp³-hybridized carbons (Fsp3) is 0.0638. The van der Waals surface area contributed by atoms with E-state index in [0.717, 1.165) is 0 Å². The van der Waals surface area contributed by atoms with Crippen molar-refractivity contribution in [1.29, 1.82) is 0 Å². The molecule has 0 spiro atoms. The van der Waals surface area contributed by atoms with E-state index in [2.05, 4.69) is 192 Å². The van der Waals surface area contributed by atoms with Crippen LogP contribution in [0.15, 0.2) is 176 Å². The number of rotatable bonds is 4. The summed E-state index contributed by atoms with van der Waals surface area (Å²) < 4.78 is 0. The van der Waals surface area contributed by atoms with Gasteiger partial charge in [0.15, 0.2) is 0 Å². The number of hydrogen-bond donors (Lipinski definition) is 3. The second-order valence-electron chi connectivity index (χ2n) is 13.4. The largest absolute Gasteiger partial charge is 0.279 e. The SMILES string of the molecule is c1ccc(C2NC(c3ccc(-c4c5ccccc5cc5c4ccc4ccccc45)cc3)NC(c3cc4ccccc4c4ccccc34)N2)cc1. The van der Waals surface area contributed by atoms with E-state index in [1.165, 1.54) is 81.7 Å². The van der Waals surface area contributed by atoms with Crippen LogP contribution in [-0.2, 0) is 0 Å². The zero-order chi connectivity index (χ0) is 33.0. The minimum atomic E-state index is -0.0871. The van der Waals surface area contributed by atoms with E-state index >= 15 is 0 Å². The van der Waals surface area contributed by atoms with E-state index in [1.807, 2.05) is 0 Å². The molecule has 0 amide bonds. The minimum Gasteiger partial charge on any atom is -0.279 e. The van der Waals surface area contributed by atoms with Gasteiger partial charge in [-0.05, 0) is 93.8 Å². The molecule has 1 fully saturated rings. The average molecular weight is 642 g/mol. The lowest BCUT2D eigenvalue weighted by Crippen LogP contribution is -2.54. The van der Waals surface area contributed by atoms with E-state index < -0.39 is 0 Å². The summed E-state index contributed by atoms with van der Waals surface area (Å²) in [7, 11) is 0. The zero-order valence-electron chi connectivity index (χ0n) is 27.5. The van der Waals surface area contributed by atoms with Gasteiger partial charge in [-0.25, -0.2) is 0 Å². The Morgan fingerprint density at radius 3 is 1.54 bits per heavy atom. The van der Waals surface area contributed by atoms with Gasteiger partial charge in [0.1, 0.15) is 0 Å². The van der Waals surface area contributed by atoms with E-state index in [1.54, 1.807) is 0 Å². The van der Waals surface area contributed by atoms with Crippen LogP contribution >= 0.6 is 0 Å². The van der Waals surface area contributed by atoms with E-state index in [9.17, 15) is 0 Å². The first-order chi connectivity index (χ1) is 24.8. The fourth-order valence-electron chi connectivity index (χ4n) is 8.15. The maximum absolute atomic E-state index is 3.96. The first-order valence-corrected chi connectivity index (χ1v) is 17.5. The second-order valence-corrected chi connectivity index (χ2v) is 13.4. The molecule has 3 atom stereocenters. The van der Waals surface area contributed by atoms with Crippen LogP contribution in [0.25, 0.3) is 65.0 Å². The third-order valence-corrected chi connectivity index (χ3v) is 10.5. The summed E-state index contributed by atoms with van der Waals surface area (Å²) in [5.41, 5.74) is 6.15. The van der Waals surface area contributed by atoms with Crippen molar-refractivity contribution in [1.82, 2.24) is 16.0 Å². The molecule has 1 aliphatic heterocycles. The van der Waals surface area contributed by atoms with Crippen LogP contribution in [0.4, 0.5) is 0 Å². The molecule has 9 aromatic rings. The minimum absolute atomic E-state index is 0.0485. The summed E-state index contributed by atoms with van der Waals surface area (Å²) in [6.45, 7) is 0. The molecule has 1 heterocycles. The highest BCUT2D eigenvalue weighted by molar-refractivity contribution is 6.20. The molecule has 1 saturated heterocycles. The molecule has 50 heavy (non-hydrogen) atoms. The van der Waals surface area contributed by atoms with Gasteiger partial charge in [-0.1, -0.05) is 164 Å². The van der Waals surface area contributed by atoms with Crippen LogP contribution in [0.5, 0.6) is 0 Å². The van der Waals surface area contributed by atoms with Gasteiger partial charge >= 0.3 is 0 Å². The molecule has 0 aromatic heterocycles. The average Bonchev–Trinajstić information content (AvgIpc) is 3.20. The van der Waals surface area contributed by atoms with Gasteiger partial charge < -0.3 is 0 Å². The Bertz CT molecular complexity index is 2700. The first kappa shape index (κ1) is 29.1. The van der Waals surface area contributed by atoms with Gasteiger partial charge in [0, 0.05) is 0 Å². The Morgan fingerprint density at radius 2 is 0.820 bits per heavy atom. The number of nitrogens with one attached hydrogen (secondary N) is 3. The van der Waals surface area contributed by atoms with Crippen LogP contribution < -0.4 is 16.0 Å². The fourth-order valence-corrected chi connectivity index (χ4v) is 8.15. The topological polar surface area (TPSA) is 36.1 Å². The lowest BCUT2D eigenvalue weighted by atomic mass is 9.89. The molecule has 0 bridgehead atoms. The van der Waals surface area contributed by atoms with Crippen molar-refractivity contribution in [2.75, 3.05) is 0 Å². The standard InChI is InChI=1S/C47H35N3/c1-2-13-32(14-3-1)45-48-46(50-47(49-45)43-29-34-15-5-8-18-37(34)39-20-10-11-21-40(39)43)33-24-22-31(23-25-33)44-38-19-9-6-16-35(38)28-42-36-17-7-4-12-30(36)26-27-41(42)44/h1-29,45-50H. The molecule has 1 aliphatic rings. The highest BCUT2D eigenvalue weighted by atomic mass is 15.4. The van der Waals surface area contributed by atoms with Crippen molar-refractivity contribution in [3.63, 3.8) is 0 Å². The molecule has 3 heteroatoms. The van der Waals surface area contributed by atoms with Crippen LogP contribution in [0.3, 0.4) is 0 Å². The Morgan fingerprint density at radius 1 is 0.300 bits per heavy atom. The van der Waals surface area contributed by atoms with E-state index in [-0.39, 0.29) is 18.5 Å². The number of hydrogen-bond acceptors (Lipinski definition) is 3. The van der Waals surface area contributed by atoms with Crippen molar-refractivity contribution in [2.45, 2.75) is 18.5 Å². The predicted octanol–water partition coefficient (Wildman–Crippen LogP) is 11.3. The molecule has 10 rings (SSSR count). The molecular formula is C47H35N3. The molecule has 0 aliphatic carbocycles. The Labute approximate surface area is 291 Å². The Hall–Kier alpha value is -5.84. The van der Waals surface area contributed by atoms with Crippen LogP contribution in [-0.4, -0.2) is 0 Å². The lowest BCUT2D eigenvalue weighted by Gasteiger charge is -2.40. The summed E-state index contributed by atoms with van der Waals surface area (Å²) in [5.74, 6) is 0. The Kier molecular flexibility index (Phi) is 6.95. The van der Waals surface area contributed by atoms with Crippen LogP contribution in [0.2, 0.25) is 0 Å². The Balaban J connectivity index is 1.09. The second kappa shape index (κ2) is 11.9. The highest BCUT2D eigenvalue weighted by Gasteiger charge is 2.31. The zero-order valence-corrected chi connectivity index (χ0v) is 27.5. The molecule has 3 unspecified atom stereocenters. The molecule has 3 nitrogen and oxygen atoms in total. The highest BCUT2D eigenvalue weighted by Crippen LogP contribution is 2.40. The first-order valence-electron chi connectivity index (χ1n) is 17.5. The van der Waals surface area contributed by atoms with Crippen LogP contribution in [0.1, 0.15) is 35.2 Å². The summed E-state index contributed by atoms with van der Waals surface area (Å²) >= 11 is 0. The van der Waals surface area contributed by atoms with Gasteiger partial charge in [0.2, 0.25) is 0 Å².